The molecule has 0 heterocycles. The zero-order valence-corrected chi connectivity index (χ0v) is 5.54. The van der Waals surface area contributed by atoms with Gasteiger partial charge in [0.2, 0.25) is 0 Å². The van der Waals surface area contributed by atoms with Crippen LogP contribution in [0.1, 0.15) is 13.3 Å². The summed E-state index contributed by atoms with van der Waals surface area (Å²) in [7, 11) is 0. The zero-order valence-electron chi connectivity index (χ0n) is 5.54. The van der Waals surface area contributed by atoms with Gasteiger partial charge in [-0.05, 0) is 6.42 Å². The quantitative estimate of drug-likeness (QED) is 0.348. The molecule has 4 heteroatoms. The summed E-state index contributed by atoms with van der Waals surface area (Å²) in [5.74, 6) is 0. The monoisotopic (exact) mass is 134 g/mol. The lowest BCUT2D eigenvalue weighted by molar-refractivity contribution is 0.0310. The number of hydrogen-bond donors (Lipinski definition) is 4. The molecule has 0 saturated carbocycles. The predicted molar refractivity (Wildman–Crippen MR) is 34.5 cm³/mol. The minimum absolute atomic E-state index is 0.388. The summed E-state index contributed by atoms with van der Waals surface area (Å²) in [5.41, 5.74) is 9.53. The van der Waals surface area contributed by atoms with Crippen LogP contribution in [0.3, 0.4) is 0 Å². The third-order valence-electron chi connectivity index (χ3n) is 1.41. The van der Waals surface area contributed by atoms with Crippen LogP contribution in [0.4, 0.5) is 0 Å². The lowest BCUT2D eigenvalue weighted by Crippen LogP contribution is -2.59. The summed E-state index contributed by atoms with van der Waals surface area (Å²) >= 11 is 0. The van der Waals surface area contributed by atoms with Crippen molar-refractivity contribution in [3.63, 3.8) is 0 Å². The molecule has 0 fully saturated rings. The molecule has 4 nitrogen and oxygen atoms in total. The van der Waals surface area contributed by atoms with E-state index >= 15 is 0 Å². The normalized spacial score (nSPS) is 15.7. The minimum atomic E-state index is -1.14. The van der Waals surface area contributed by atoms with Crippen LogP contribution < -0.4 is 11.5 Å². The molecule has 0 saturated heterocycles. The first-order valence-corrected chi connectivity index (χ1v) is 2.91. The van der Waals surface area contributed by atoms with Crippen molar-refractivity contribution in [1.82, 2.24) is 0 Å². The van der Waals surface area contributed by atoms with Gasteiger partial charge in [0.05, 0.1) is 12.3 Å². The third kappa shape index (κ3) is 2.28. The van der Waals surface area contributed by atoms with E-state index in [1.54, 1.807) is 6.92 Å². The van der Waals surface area contributed by atoms with Gasteiger partial charge in [0.15, 0.2) is 0 Å². The maximum Gasteiger partial charge on any atom is 0.108 e. The lowest BCUT2D eigenvalue weighted by atomic mass is 10.0. The first-order chi connectivity index (χ1) is 4.04. The maximum atomic E-state index is 8.89. The van der Waals surface area contributed by atoms with Gasteiger partial charge in [-0.25, -0.2) is 0 Å². The molecule has 0 aromatic heterocycles. The van der Waals surface area contributed by atoms with Crippen LogP contribution in [0.25, 0.3) is 0 Å². The molecule has 1 atom stereocenters. The number of hydrogen-bond acceptors (Lipinski definition) is 4. The fraction of sp³-hybridized carbons (Fsp3) is 1.00. The second-order valence-corrected chi connectivity index (χ2v) is 2.16. The smallest absolute Gasteiger partial charge is 0.108 e. The first-order valence-electron chi connectivity index (χ1n) is 2.91. The van der Waals surface area contributed by atoms with Gasteiger partial charge in [-0.15, -0.1) is 0 Å². The maximum absolute atomic E-state index is 8.89. The molecule has 0 bridgehead atoms. The number of aliphatic hydroxyl groups is 2. The van der Waals surface area contributed by atoms with Crippen LogP contribution in [0.15, 0.2) is 0 Å². The summed E-state index contributed by atoms with van der Waals surface area (Å²) in [6.45, 7) is 1.36. The fourth-order valence-electron chi connectivity index (χ4n) is 0.406. The molecule has 9 heavy (non-hydrogen) atoms. The fourth-order valence-corrected chi connectivity index (χ4v) is 0.406. The highest BCUT2D eigenvalue weighted by Crippen LogP contribution is 2.02. The van der Waals surface area contributed by atoms with Crippen LogP contribution in [0.2, 0.25) is 0 Å². The largest absolute Gasteiger partial charge is 0.394 e. The van der Waals surface area contributed by atoms with E-state index in [4.69, 9.17) is 21.7 Å². The Morgan fingerprint density at radius 3 is 2.11 bits per heavy atom. The van der Waals surface area contributed by atoms with Crippen molar-refractivity contribution in [2.24, 2.45) is 11.5 Å². The molecule has 56 valence electrons. The van der Waals surface area contributed by atoms with Gasteiger partial charge in [-0.2, -0.15) is 0 Å². The van der Waals surface area contributed by atoms with Gasteiger partial charge in [-0.3, -0.25) is 0 Å². The Labute approximate surface area is 54.5 Å². The van der Waals surface area contributed by atoms with E-state index in [0.717, 1.165) is 0 Å². The van der Waals surface area contributed by atoms with E-state index in [9.17, 15) is 0 Å². The van der Waals surface area contributed by atoms with Gasteiger partial charge in [0.1, 0.15) is 6.10 Å². The molecule has 0 aliphatic rings. The molecule has 0 rings (SSSR count). The molecular weight excluding hydrogens is 120 g/mol. The van der Waals surface area contributed by atoms with Gasteiger partial charge in [0.25, 0.3) is 0 Å². The Bertz CT molecular complexity index is 85.0. The Morgan fingerprint density at radius 1 is 1.56 bits per heavy atom. The van der Waals surface area contributed by atoms with E-state index in [1.165, 1.54) is 0 Å². The summed E-state index contributed by atoms with van der Waals surface area (Å²) in [6, 6.07) is 0. The third-order valence-corrected chi connectivity index (χ3v) is 1.41. The number of aliphatic hydroxyl groups excluding tert-OH is 2. The van der Waals surface area contributed by atoms with Crippen LogP contribution in [-0.4, -0.2) is 28.6 Å². The Hall–Kier alpha value is -0.160. The molecule has 0 aromatic carbocycles. The summed E-state index contributed by atoms with van der Waals surface area (Å²) in [4.78, 5) is 0. The van der Waals surface area contributed by atoms with Gasteiger partial charge < -0.3 is 21.7 Å². The molecule has 0 aliphatic carbocycles. The molecule has 1 unspecified atom stereocenters. The van der Waals surface area contributed by atoms with Crippen molar-refractivity contribution >= 4 is 0 Å². The SMILES string of the molecule is CCC(N)(N)C(O)CO. The van der Waals surface area contributed by atoms with E-state index in [1.807, 2.05) is 0 Å². The molecule has 0 radical (unpaired) electrons. The minimum Gasteiger partial charge on any atom is -0.394 e. The topological polar surface area (TPSA) is 92.5 Å². The molecule has 6 N–H and O–H groups in total. The van der Waals surface area contributed by atoms with Crippen molar-refractivity contribution < 1.29 is 10.2 Å². The zero-order chi connectivity index (χ0) is 7.49. The van der Waals surface area contributed by atoms with Crippen molar-refractivity contribution in [2.75, 3.05) is 6.61 Å². The standard InChI is InChI=1S/C5H14N2O2/c1-2-5(6,7)4(9)3-8/h4,8-9H,2-3,6-7H2,1H3. The van der Waals surface area contributed by atoms with E-state index in [2.05, 4.69) is 0 Å². The summed E-state index contributed by atoms with van der Waals surface area (Å²) in [5, 5.41) is 17.3. The average molecular weight is 134 g/mol. The van der Waals surface area contributed by atoms with Crippen molar-refractivity contribution in [3.05, 3.63) is 0 Å². The van der Waals surface area contributed by atoms with Crippen LogP contribution in [0.5, 0.6) is 0 Å². The lowest BCUT2D eigenvalue weighted by Gasteiger charge is -2.26. The highest BCUT2D eigenvalue weighted by atomic mass is 16.3. The molecule has 0 aromatic rings. The molecule has 0 aliphatic heterocycles. The van der Waals surface area contributed by atoms with Crippen molar-refractivity contribution in [1.29, 1.82) is 0 Å². The van der Waals surface area contributed by atoms with Crippen molar-refractivity contribution in [2.45, 2.75) is 25.1 Å². The Morgan fingerprint density at radius 2 is 2.00 bits per heavy atom. The second kappa shape index (κ2) is 3.12. The number of rotatable bonds is 3. The summed E-state index contributed by atoms with van der Waals surface area (Å²) in [6.07, 6.45) is -0.586. The Kier molecular flexibility index (Phi) is 3.07. The van der Waals surface area contributed by atoms with E-state index in [0.29, 0.717) is 6.42 Å². The Balaban J connectivity index is 3.80. The van der Waals surface area contributed by atoms with E-state index in [-0.39, 0.29) is 6.61 Å². The average Bonchev–Trinajstić information content (AvgIpc) is 1.86. The predicted octanol–water partition coefficient (Wildman–Crippen LogP) is -1.64. The molecule has 0 amide bonds. The highest BCUT2D eigenvalue weighted by molar-refractivity contribution is 4.82. The van der Waals surface area contributed by atoms with E-state index < -0.39 is 11.8 Å². The van der Waals surface area contributed by atoms with Crippen molar-refractivity contribution in [3.8, 4) is 0 Å². The highest BCUT2D eigenvalue weighted by Gasteiger charge is 2.25. The molecule has 0 spiro atoms. The van der Waals surface area contributed by atoms with Gasteiger partial charge in [0, 0.05) is 0 Å². The summed E-state index contributed by atoms with van der Waals surface area (Å²) < 4.78 is 0. The molecular formula is C5H14N2O2. The van der Waals surface area contributed by atoms with Gasteiger partial charge >= 0.3 is 0 Å². The first kappa shape index (κ1) is 8.84. The van der Waals surface area contributed by atoms with Crippen LogP contribution in [-0.2, 0) is 0 Å². The second-order valence-electron chi connectivity index (χ2n) is 2.16. The van der Waals surface area contributed by atoms with Gasteiger partial charge in [-0.1, -0.05) is 6.92 Å². The number of nitrogens with two attached hydrogens (primary N) is 2. The van der Waals surface area contributed by atoms with Crippen LogP contribution in [0, 0.1) is 0 Å². The van der Waals surface area contributed by atoms with Crippen LogP contribution >= 0.6 is 0 Å².